The molecule has 0 aliphatic carbocycles. The highest BCUT2D eigenvalue weighted by molar-refractivity contribution is 7.89. The predicted octanol–water partition coefficient (Wildman–Crippen LogP) is 4.93. The van der Waals surface area contributed by atoms with Crippen LogP contribution in [0.2, 0.25) is 0 Å². The molecule has 0 radical (unpaired) electrons. The minimum atomic E-state index is -4.81. The molecule has 0 fully saturated rings. The van der Waals surface area contributed by atoms with E-state index in [-0.39, 0.29) is 37.0 Å². The van der Waals surface area contributed by atoms with Gasteiger partial charge in [0.25, 0.3) is 0 Å². The average Bonchev–Trinajstić information content (AvgIpc) is 2.89. The summed E-state index contributed by atoms with van der Waals surface area (Å²) >= 11 is 0. The van der Waals surface area contributed by atoms with Crippen LogP contribution in [0.3, 0.4) is 0 Å². The smallest absolute Gasteiger partial charge is 0.416 e. The Labute approximate surface area is 240 Å². The summed E-state index contributed by atoms with van der Waals surface area (Å²) in [6.45, 7) is 5.22. The highest BCUT2D eigenvalue weighted by atomic mass is 32.2. The quantitative estimate of drug-likeness (QED) is 0.267. The second kappa shape index (κ2) is 14.8. The molecule has 0 aliphatic rings. The first-order chi connectivity index (χ1) is 19.0. The third kappa shape index (κ3) is 11.5. The molecule has 0 saturated heterocycles. The van der Waals surface area contributed by atoms with Crippen molar-refractivity contribution in [2.75, 3.05) is 20.1 Å². The number of halogens is 3. The third-order valence-corrected chi connectivity index (χ3v) is 8.49. The first kappa shape index (κ1) is 34.3. The van der Waals surface area contributed by atoms with E-state index in [1.54, 1.807) is 0 Å². The molecule has 2 unspecified atom stereocenters. The molecule has 0 spiro atoms. The van der Waals surface area contributed by atoms with Gasteiger partial charge in [-0.15, -0.1) is 0 Å². The van der Waals surface area contributed by atoms with Crippen molar-refractivity contribution in [3.63, 3.8) is 0 Å². The Morgan fingerprint density at radius 1 is 1.12 bits per heavy atom. The van der Waals surface area contributed by atoms with Crippen LogP contribution in [0.5, 0.6) is 0 Å². The SMILES string of the molecule is CC(CCC#Cc1cc(C(F)(F)F)cc(S(=O)(=O)N(C)CC(O)CNC(C)(C)CCCc2ccccc2)c1)C(=O)O. The zero-order valence-electron chi connectivity index (χ0n) is 23.8. The first-order valence-corrected chi connectivity index (χ1v) is 14.8. The van der Waals surface area contributed by atoms with Gasteiger partial charge in [-0.25, -0.2) is 8.42 Å². The Kier molecular flexibility index (Phi) is 12.4. The van der Waals surface area contributed by atoms with Crippen molar-refractivity contribution in [1.82, 2.24) is 9.62 Å². The molecule has 2 aromatic rings. The maximum Gasteiger partial charge on any atom is 0.416 e. The molecule has 2 aromatic carbocycles. The molecule has 0 bridgehead atoms. The van der Waals surface area contributed by atoms with Gasteiger partial charge in [-0.3, -0.25) is 4.79 Å². The minimum absolute atomic E-state index is 0.0896. The summed E-state index contributed by atoms with van der Waals surface area (Å²) < 4.78 is 67.9. The molecule has 0 aliphatic heterocycles. The van der Waals surface area contributed by atoms with Gasteiger partial charge < -0.3 is 15.5 Å². The molecule has 0 aromatic heterocycles. The van der Waals surface area contributed by atoms with Crippen LogP contribution in [0.25, 0.3) is 0 Å². The van der Waals surface area contributed by atoms with Gasteiger partial charge in [-0.2, -0.15) is 17.5 Å². The fourth-order valence-electron chi connectivity index (χ4n) is 4.06. The predicted molar refractivity (Wildman–Crippen MR) is 152 cm³/mol. The minimum Gasteiger partial charge on any atom is -0.481 e. The Hall–Kier alpha value is -2.91. The van der Waals surface area contributed by atoms with Crippen molar-refractivity contribution < 1.29 is 36.6 Å². The number of carboxylic acid groups (broad SMARTS) is 1. The molecule has 2 atom stereocenters. The zero-order chi connectivity index (χ0) is 30.8. The van der Waals surface area contributed by atoms with Crippen molar-refractivity contribution in [2.24, 2.45) is 5.92 Å². The summed E-state index contributed by atoms with van der Waals surface area (Å²) in [5.41, 5.74) is -0.431. The normalized spacial score (nSPS) is 13.9. The van der Waals surface area contributed by atoms with Crippen LogP contribution >= 0.6 is 0 Å². The van der Waals surface area contributed by atoms with Gasteiger partial charge in [-0.1, -0.05) is 49.1 Å². The van der Waals surface area contributed by atoms with E-state index in [1.165, 1.54) is 19.5 Å². The molecule has 2 rings (SSSR count). The van der Waals surface area contributed by atoms with Crippen LogP contribution in [0.4, 0.5) is 13.2 Å². The third-order valence-electron chi connectivity index (χ3n) is 6.69. The number of aryl methyl sites for hydroxylation is 1. The topological polar surface area (TPSA) is 107 Å². The lowest BCUT2D eigenvalue weighted by molar-refractivity contribution is -0.141. The van der Waals surface area contributed by atoms with Gasteiger partial charge >= 0.3 is 12.1 Å². The van der Waals surface area contributed by atoms with E-state index >= 15 is 0 Å². The van der Waals surface area contributed by atoms with Crippen LogP contribution in [-0.4, -0.2) is 60.7 Å². The molecule has 7 nitrogen and oxygen atoms in total. The number of β-amino-alcohol motifs (C(OH)–C–C–N with tert-alkyl or cyclic N) is 1. The molecule has 11 heteroatoms. The van der Waals surface area contributed by atoms with Gasteiger partial charge in [0.1, 0.15) is 0 Å². The number of hydrogen-bond acceptors (Lipinski definition) is 5. The first-order valence-electron chi connectivity index (χ1n) is 13.4. The Bertz CT molecular complexity index is 1320. The van der Waals surface area contributed by atoms with E-state index in [0.717, 1.165) is 35.7 Å². The number of nitrogens with zero attached hydrogens (tertiary/aromatic N) is 1. The van der Waals surface area contributed by atoms with Crippen molar-refractivity contribution >= 4 is 16.0 Å². The van der Waals surface area contributed by atoms with Gasteiger partial charge in [-0.05, 0) is 63.3 Å². The Morgan fingerprint density at radius 3 is 2.39 bits per heavy atom. The summed E-state index contributed by atoms with van der Waals surface area (Å²) in [5.74, 6) is 3.47. The van der Waals surface area contributed by atoms with E-state index in [0.29, 0.717) is 6.07 Å². The molecule has 0 heterocycles. The zero-order valence-corrected chi connectivity index (χ0v) is 24.6. The van der Waals surface area contributed by atoms with Crippen LogP contribution in [0, 0.1) is 17.8 Å². The lowest BCUT2D eigenvalue weighted by Crippen LogP contribution is -2.46. The monoisotopic (exact) mass is 596 g/mol. The lowest BCUT2D eigenvalue weighted by atomic mass is 9.95. The van der Waals surface area contributed by atoms with E-state index < -0.39 is 44.6 Å². The number of carboxylic acids is 1. The number of rotatable bonds is 14. The average molecular weight is 597 g/mol. The number of aliphatic carboxylic acids is 1. The number of benzene rings is 2. The van der Waals surface area contributed by atoms with E-state index in [1.807, 2.05) is 32.0 Å². The van der Waals surface area contributed by atoms with Crippen LogP contribution < -0.4 is 5.32 Å². The molecule has 0 saturated carbocycles. The number of aliphatic hydroxyl groups excluding tert-OH is 1. The highest BCUT2D eigenvalue weighted by Gasteiger charge is 2.33. The fourth-order valence-corrected chi connectivity index (χ4v) is 5.34. The van der Waals surface area contributed by atoms with E-state index in [4.69, 9.17) is 5.11 Å². The molecule has 226 valence electrons. The van der Waals surface area contributed by atoms with Crippen molar-refractivity contribution in [1.29, 1.82) is 0 Å². The van der Waals surface area contributed by atoms with Crippen molar-refractivity contribution in [3.8, 4) is 11.8 Å². The largest absolute Gasteiger partial charge is 0.481 e. The van der Waals surface area contributed by atoms with Gasteiger partial charge in [0.05, 0.1) is 22.5 Å². The number of nitrogens with one attached hydrogen (secondary N) is 1. The Balaban J connectivity index is 2.06. The van der Waals surface area contributed by atoms with Crippen molar-refractivity contribution in [2.45, 2.75) is 75.6 Å². The van der Waals surface area contributed by atoms with Gasteiger partial charge in [0, 0.05) is 37.7 Å². The summed E-state index contributed by atoms with van der Waals surface area (Å²) in [5, 5.41) is 22.7. The lowest BCUT2D eigenvalue weighted by Gasteiger charge is -2.29. The second-order valence-electron chi connectivity index (χ2n) is 10.9. The van der Waals surface area contributed by atoms with Crippen LogP contribution in [0.1, 0.15) is 63.1 Å². The summed E-state index contributed by atoms with van der Waals surface area (Å²) in [7, 11) is -3.20. The number of aliphatic hydroxyl groups is 1. The number of sulfonamides is 1. The molecule has 3 N–H and O–H groups in total. The summed E-state index contributed by atoms with van der Waals surface area (Å²) in [6, 6.07) is 12.4. The number of carbonyl (C=O) groups is 1. The molecular weight excluding hydrogens is 557 g/mol. The van der Waals surface area contributed by atoms with Crippen molar-refractivity contribution in [3.05, 3.63) is 65.2 Å². The standard InChI is InChI=1S/C30H39F3N2O5S/c1-22(28(37)38)11-8-9-14-24-17-25(30(31,32)33)19-27(18-24)41(39,40)35(4)21-26(36)20-34-29(2,3)16-10-15-23-12-6-5-7-13-23/h5-7,12-13,17-19,22,26,34,36H,8,10-11,15-16,20-21H2,1-4H3,(H,37,38). The summed E-state index contributed by atoms with van der Waals surface area (Å²) in [4.78, 5) is 10.3. The van der Waals surface area contributed by atoms with Gasteiger partial charge in [0.15, 0.2) is 0 Å². The molecule has 41 heavy (non-hydrogen) atoms. The summed E-state index contributed by atoms with van der Waals surface area (Å²) in [6.07, 6.45) is -2.98. The second-order valence-corrected chi connectivity index (χ2v) is 12.9. The highest BCUT2D eigenvalue weighted by Crippen LogP contribution is 2.32. The Morgan fingerprint density at radius 2 is 1.78 bits per heavy atom. The number of likely N-dealkylation sites (N-methyl/N-ethyl adjacent to an activating group) is 1. The molecular formula is C30H39F3N2O5S. The maximum atomic E-state index is 13.6. The van der Waals surface area contributed by atoms with Gasteiger partial charge in [0.2, 0.25) is 10.0 Å². The maximum absolute atomic E-state index is 13.6. The van der Waals surface area contributed by atoms with Crippen LogP contribution in [-0.2, 0) is 27.4 Å². The number of alkyl halides is 3. The number of hydrogen-bond donors (Lipinski definition) is 3. The van der Waals surface area contributed by atoms with E-state index in [2.05, 4.69) is 29.3 Å². The molecule has 0 amide bonds. The van der Waals surface area contributed by atoms with Crippen LogP contribution in [0.15, 0.2) is 53.4 Å². The van der Waals surface area contributed by atoms with E-state index in [9.17, 15) is 31.5 Å². The fraction of sp³-hybridized carbons (Fsp3) is 0.500.